The number of carbonyl (C=O) groups excluding carboxylic acids is 2. The molecule has 2 heterocycles. The molecule has 3 atom stereocenters. The average molecular weight is 498 g/mol. The molecule has 2 bridgehead atoms. The Kier molecular flexibility index (Phi) is 7.51. The predicted octanol–water partition coefficient (Wildman–Crippen LogP) is 2.84. The van der Waals surface area contributed by atoms with Crippen LogP contribution in [0.15, 0.2) is 71.8 Å². The number of hydrogen-bond donors (Lipinski definition) is 2. The number of amides is 1. The molecule has 0 aliphatic carbocycles. The van der Waals surface area contributed by atoms with Crippen LogP contribution in [0.1, 0.15) is 5.56 Å². The summed E-state index contributed by atoms with van der Waals surface area (Å²) in [5, 5.41) is 6.04. The van der Waals surface area contributed by atoms with E-state index in [-0.39, 0.29) is 16.8 Å². The Bertz CT molecular complexity index is 1180. The van der Waals surface area contributed by atoms with Crippen molar-refractivity contribution in [3.8, 4) is 0 Å². The molecule has 2 aromatic carbocycles. The molecule has 190 valence electrons. The van der Waals surface area contributed by atoms with E-state index in [2.05, 4.69) is 10.6 Å². The van der Waals surface area contributed by atoms with Crippen molar-refractivity contribution in [2.24, 2.45) is 0 Å². The van der Waals surface area contributed by atoms with Crippen molar-refractivity contribution in [1.29, 1.82) is 0 Å². The lowest BCUT2D eigenvalue weighted by molar-refractivity contribution is -0.137. The van der Waals surface area contributed by atoms with Crippen LogP contribution in [-0.4, -0.2) is 68.8 Å². The van der Waals surface area contributed by atoms with Crippen LogP contribution < -0.4 is 10.6 Å². The SMILES string of the molecule is COC(=O)C1=C(C(=O)NCCN(C)C)C2(C(Cc3ccccc3)Nc3cc(F)cc(F)c3)C=CC1O2. The number of benzene rings is 2. The molecule has 2 aliphatic heterocycles. The maximum atomic E-state index is 14.0. The summed E-state index contributed by atoms with van der Waals surface area (Å²) in [7, 11) is 5.01. The van der Waals surface area contributed by atoms with E-state index in [0.29, 0.717) is 19.5 Å². The Labute approximate surface area is 208 Å². The van der Waals surface area contributed by atoms with E-state index in [0.717, 1.165) is 11.6 Å². The molecule has 0 fully saturated rings. The van der Waals surface area contributed by atoms with Crippen molar-refractivity contribution in [2.45, 2.75) is 24.2 Å². The molecule has 2 aliphatic rings. The van der Waals surface area contributed by atoms with Crippen molar-refractivity contribution < 1.29 is 27.8 Å². The number of hydrogen-bond acceptors (Lipinski definition) is 6. The Hall–Kier alpha value is -3.56. The van der Waals surface area contributed by atoms with Crippen molar-refractivity contribution in [3.05, 3.63) is 89.0 Å². The van der Waals surface area contributed by atoms with Crippen molar-refractivity contribution in [1.82, 2.24) is 10.2 Å². The summed E-state index contributed by atoms with van der Waals surface area (Å²) in [4.78, 5) is 28.2. The van der Waals surface area contributed by atoms with Gasteiger partial charge in [-0.3, -0.25) is 4.79 Å². The molecule has 4 rings (SSSR count). The zero-order valence-electron chi connectivity index (χ0n) is 20.4. The first kappa shape index (κ1) is 25.5. The van der Waals surface area contributed by atoms with Crippen molar-refractivity contribution in [3.63, 3.8) is 0 Å². The highest BCUT2D eigenvalue weighted by Crippen LogP contribution is 2.47. The van der Waals surface area contributed by atoms with Gasteiger partial charge in [0.1, 0.15) is 23.3 Å². The van der Waals surface area contributed by atoms with E-state index in [9.17, 15) is 18.4 Å². The number of ether oxygens (including phenoxy) is 2. The van der Waals surface area contributed by atoms with E-state index in [4.69, 9.17) is 9.47 Å². The molecule has 7 nitrogen and oxygen atoms in total. The smallest absolute Gasteiger partial charge is 0.337 e. The number of likely N-dealkylation sites (N-methyl/N-ethyl adjacent to an activating group) is 1. The lowest BCUT2D eigenvalue weighted by Crippen LogP contribution is -2.51. The Morgan fingerprint density at radius 2 is 1.83 bits per heavy atom. The molecular formula is C27H29F2N3O4. The van der Waals surface area contributed by atoms with E-state index in [1.54, 1.807) is 12.2 Å². The number of carbonyl (C=O) groups is 2. The fraction of sp³-hybridized carbons (Fsp3) is 0.333. The molecule has 1 amide bonds. The highest BCUT2D eigenvalue weighted by molar-refractivity contribution is 6.07. The lowest BCUT2D eigenvalue weighted by atomic mass is 9.78. The van der Waals surface area contributed by atoms with Crippen LogP contribution in [0.25, 0.3) is 0 Å². The van der Waals surface area contributed by atoms with E-state index in [1.165, 1.54) is 19.2 Å². The molecule has 0 spiro atoms. The molecule has 0 saturated heterocycles. The van der Waals surface area contributed by atoms with Gasteiger partial charge in [-0.2, -0.15) is 0 Å². The predicted molar refractivity (Wildman–Crippen MR) is 131 cm³/mol. The molecule has 0 aromatic heterocycles. The normalized spacial score (nSPS) is 21.1. The quantitative estimate of drug-likeness (QED) is 0.388. The summed E-state index contributed by atoms with van der Waals surface area (Å²) < 4.78 is 39.4. The van der Waals surface area contributed by atoms with E-state index < -0.39 is 41.3 Å². The number of methoxy groups -OCH3 is 1. The maximum Gasteiger partial charge on any atom is 0.337 e. The highest BCUT2D eigenvalue weighted by atomic mass is 19.1. The Balaban J connectivity index is 1.78. The number of rotatable bonds is 10. The molecule has 2 aromatic rings. The standard InChI is InChI=1S/C27H29F2N3O4/c1-32(2)12-11-30-25(33)24-23(26(34)35-3)21-9-10-27(24,36-21)22(13-17-7-5-4-6-8-17)31-20-15-18(28)14-19(29)16-20/h4-10,14-16,21-22,31H,11-13H2,1-3H3,(H,30,33). The lowest BCUT2D eigenvalue weighted by Gasteiger charge is -2.36. The summed E-state index contributed by atoms with van der Waals surface area (Å²) in [5.74, 6) is -2.62. The first-order chi connectivity index (χ1) is 17.2. The first-order valence-corrected chi connectivity index (χ1v) is 11.6. The second-order valence-electron chi connectivity index (χ2n) is 9.07. The molecule has 0 radical (unpaired) electrons. The van der Waals surface area contributed by atoms with Gasteiger partial charge < -0.3 is 25.0 Å². The van der Waals surface area contributed by atoms with Gasteiger partial charge in [-0.1, -0.05) is 36.4 Å². The van der Waals surface area contributed by atoms with Crippen LogP contribution in [0.2, 0.25) is 0 Å². The second-order valence-corrected chi connectivity index (χ2v) is 9.07. The fourth-order valence-corrected chi connectivity index (χ4v) is 4.65. The van der Waals surface area contributed by atoms with Crippen LogP contribution in [0.3, 0.4) is 0 Å². The third kappa shape index (κ3) is 5.17. The Morgan fingerprint density at radius 3 is 2.47 bits per heavy atom. The third-order valence-corrected chi connectivity index (χ3v) is 6.27. The van der Waals surface area contributed by atoms with Gasteiger partial charge in [0.05, 0.1) is 24.3 Å². The molecule has 3 unspecified atom stereocenters. The van der Waals surface area contributed by atoms with Gasteiger partial charge in [-0.05, 0) is 44.3 Å². The summed E-state index contributed by atoms with van der Waals surface area (Å²) in [6.45, 7) is 0.939. The van der Waals surface area contributed by atoms with Gasteiger partial charge >= 0.3 is 5.97 Å². The molecule has 9 heteroatoms. The van der Waals surface area contributed by atoms with Crippen molar-refractivity contribution in [2.75, 3.05) is 39.6 Å². The number of nitrogens with zero attached hydrogens (tertiary/aromatic N) is 1. The highest BCUT2D eigenvalue weighted by Gasteiger charge is 2.57. The van der Waals surface area contributed by atoms with Gasteiger partial charge in [-0.25, -0.2) is 13.6 Å². The zero-order chi connectivity index (χ0) is 25.9. The van der Waals surface area contributed by atoms with Crippen LogP contribution in [-0.2, 0) is 25.5 Å². The van der Waals surface area contributed by atoms with E-state index >= 15 is 0 Å². The minimum atomic E-state index is -1.38. The first-order valence-electron chi connectivity index (χ1n) is 11.6. The fourth-order valence-electron chi connectivity index (χ4n) is 4.65. The van der Waals surface area contributed by atoms with E-state index in [1.807, 2.05) is 49.3 Å². The number of anilines is 1. The monoisotopic (exact) mass is 497 g/mol. The van der Waals surface area contributed by atoms with Crippen LogP contribution >= 0.6 is 0 Å². The topological polar surface area (TPSA) is 79.9 Å². The molecule has 2 N–H and O–H groups in total. The second kappa shape index (κ2) is 10.6. The summed E-state index contributed by atoms with van der Waals surface area (Å²) in [5.41, 5.74) is -0.0454. The summed E-state index contributed by atoms with van der Waals surface area (Å²) in [6, 6.07) is 11.9. The van der Waals surface area contributed by atoms with Crippen molar-refractivity contribution >= 4 is 17.6 Å². The minimum absolute atomic E-state index is 0.118. The Morgan fingerprint density at radius 1 is 1.14 bits per heavy atom. The van der Waals surface area contributed by atoms with Gasteiger partial charge in [0.25, 0.3) is 5.91 Å². The molecule has 0 saturated carbocycles. The van der Waals surface area contributed by atoms with Gasteiger partial charge in [0.2, 0.25) is 0 Å². The molecule has 36 heavy (non-hydrogen) atoms. The number of esters is 1. The summed E-state index contributed by atoms with van der Waals surface area (Å²) >= 11 is 0. The number of fused-ring (bicyclic) bond motifs is 2. The average Bonchev–Trinajstić information content (AvgIpc) is 3.41. The summed E-state index contributed by atoms with van der Waals surface area (Å²) in [6.07, 6.45) is 2.99. The number of halogens is 2. The van der Waals surface area contributed by atoms with Gasteiger partial charge in [0.15, 0.2) is 0 Å². The largest absolute Gasteiger partial charge is 0.466 e. The maximum absolute atomic E-state index is 14.0. The molecular weight excluding hydrogens is 468 g/mol. The van der Waals surface area contributed by atoms with Gasteiger partial charge in [-0.15, -0.1) is 0 Å². The third-order valence-electron chi connectivity index (χ3n) is 6.27. The van der Waals surface area contributed by atoms with Crippen LogP contribution in [0.4, 0.5) is 14.5 Å². The minimum Gasteiger partial charge on any atom is -0.466 e. The van der Waals surface area contributed by atoms with Gasteiger partial charge in [0, 0.05) is 24.8 Å². The van der Waals surface area contributed by atoms with Crippen LogP contribution in [0.5, 0.6) is 0 Å². The zero-order valence-corrected chi connectivity index (χ0v) is 20.4. The van der Waals surface area contributed by atoms with Crippen LogP contribution in [0, 0.1) is 11.6 Å². The number of nitrogens with one attached hydrogen (secondary N) is 2.